The Balaban J connectivity index is 0.000000302. The summed E-state index contributed by atoms with van der Waals surface area (Å²) in [6, 6.07) is 0. The Morgan fingerprint density at radius 1 is 1.00 bits per heavy atom. The van der Waals surface area contributed by atoms with E-state index in [1.54, 1.807) is 8.87 Å². The molecule has 96 valence electrons. The molecule has 1 heterocycles. The summed E-state index contributed by atoms with van der Waals surface area (Å²) in [7, 11) is 0. The average Bonchev–Trinajstić information content (AvgIpc) is 2.57. The molecule has 0 aliphatic heterocycles. The Morgan fingerprint density at radius 3 is 1.65 bits per heavy atom. The molecule has 1 rings (SSSR count). The molecule has 0 saturated carbocycles. The zero-order valence-corrected chi connectivity index (χ0v) is 16.4. The molecule has 0 aromatic carbocycles. The Bertz CT molecular complexity index is 306. The molecule has 0 aliphatic rings. The molecule has 0 atom stereocenters. The normalized spacial score (nSPS) is 9.29. The molecule has 1 aromatic heterocycles. The second-order valence-corrected chi connectivity index (χ2v) is 11.3. The van der Waals surface area contributed by atoms with Crippen LogP contribution in [0.4, 0.5) is 0 Å². The third-order valence-corrected chi connectivity index (χ3v) is 9.01. The van der Waals surface area contributed by atoms with Gasteiger partial charge in [-0.25, -0.2) is 0 Å². The first-order valence-corrected chi connectivity index (χ1v) is 12.3. The van der Waals surface area contributed by atoms with Gasteiger partial charge in [0.25, 0.3) is 0 Å². The molecule has 0 fully saturated rings. The maximum absolute atomic E-state index is 10.4. The van der Waals surface area contributed by atoms with Gasteiger partial charge in [0.2, 0.25) is 0 Å². The zero-order chi connectivity index (χ0) is 13.1. The number of hydrogen-bond acceptors (Lipinski definition) is 5. The molecule has 0 spiro atoms. The van der Waals surface area contributed by atoms with Gasteiger partial charge in [-0.15, -0.1) is 8.42 Å². The molecule has 0 saturated heterocycles. The van der Waals surface area contributed by atoms with Gasteiger partial charge in [0.05, 0.1) is 0 Å². The van der Waals surface area contributed by atoms with Crippen LogP contribution in [0, 0.1) is 0 Å². The molecule has 0 aliphatic carbocycles. The van der Waals surface area contributed by atoms with Crippen LogP contribution >= 0.6 is 22.7 Å². The summed E-state index contributed by atoms with van der Waals surface area (Å²) in [5.41, 5.74) is 0. The van der Waals surface area contributed by atoms with Crippen molar-refractivity contribution in [3.05, 3.63) is 8.85 Å². The van der Waals surface area contributed by atoms with Gasteiger partial charge in [0.15, 0.2) is 0 Å². The van der Waals surface area contributed by atoms with E-state index in [0.29, 0.717) is 8.42 Å². The van der Waals surface area contributed by atoms with Gasteiger partial charge >= 0.3 is 69.5 Å². The molecule has 0 amide bonds. The third kappa shape index (κ3) is 10.7. The van der Waals surface area contributed by atoms with Gasteiger partial charge in [-0.05, 0) is 0 Å². The van der Waals surface area contributed by atoms with Gasteiger partial charge in [0.1, 0.15) is 4.06 Å². The van der Waals surface area contributed by atoms with Crippen LogP contribution in [-0.4, -0.2) is 21.1 Å². The SMILES string of the molecule is CCC[CH2][Sn+2][CH2]CCC.O=c1sc([S-])c([S-])s1. The second-order valence-electron chi connectivity index (χ2n) is 3.49. The smallest absolute Gasteiger partial charge is 0.101 e. The van der Waals surface area contributed by atoms with Gasteiger partial charge in [-0.1, -0.05) is 0 Å². The fourth-order valence-electron chi connectivity index (χ4n) is 0.984. The van der Waals surface area contributed by atoms with Crippen molar-refractivity contribution in [2.24, 2.45) is 0 Å². The van der Waals surface area contributed by atoms with Crippen LogP contribution < -0.4 is 4.06 Å². The van der Waals surface area contributed by atoms with Crippen LogP contribution in [0.5, 0.6) is 0 Å². The first-order chi connectivity index (χ1) is 8.11. The van der Waals surface area contributed by atoms with E-state index in [1.807, 2.05) is 0 Å². The summed E-state index contributed by atoms with van der Waals surface area (Å²) >= 11 is 11.6. The first kappa shape index (κ1) is 18.1. The number of hydrogen-bond donors (Lipinski definition) is 0. The second kappa shape index (κ2) is 12.1. The van der Waals surface area contributed by atoms with Crippen molar-refractivity contribution in [2.75, 3.05) is 0 Å². The van der Waals surface area contributed by atoms with E-state index < -0.39 is 0 Å². The summed E-state index contributed by atoms with van der Waals surface area (Å²) in [5.74, 6) is 0. The van der Waals surface area contributed by atoms with Crippen molar-refractivity contribution >= 4 is 69.1 Å². The third-order valence-electron chi connectivity index (χ3n) is 1.93. The molecule has 1 nitrogen and oxygen atoms in total. The zero-order valence-electron chi connectivity index (χ0n) is 10.3. The quantitative estimate of drug-likeness (QED) is 0.397. The van der Waals surface area contributed by atoms with Gasteiger partial charge in [-0.3, -0.25) is 0 Å². The Hall–Kier alpha value is 1.09. The summed E-state index contributed by atoms with van der Waals surface area (Å²) in [6.45, 7) is 4.58. The Morgan fingerprint density at radius 2 is 1.41 bits per heavy atom. The first-order valence-electron chi connectivity index (χ1n) is 5.80. The molecular formula is C11H18OS4Sn. The maximum Gasteiger partial charge on any atom is 0.101 e. The van der Waals surface area contributed by atoms with Crippen molar-refractivity contribution in [1.82, 2.24) is 0 Å². The molecule has 0 radical (unpaired) electrons. The summed E-state index contributed by atoms with van der Waals surface area (Å²) in [6.07, 6.45) is 5.84. The molecule has 1 aromatic rings. The monoisotopic (exact) mass is 414 g/mol. The number of unbranched alkanes of at least 4 members (excludes halogenated alkanes) is 2. The predicted molar refractivity (Wildman–Crippen MR) is 84.9 cm³/mol. The Labute approximate surface area is 133 Å². The van der Waals surface area contributed by atoms with Crippen LogP contribution in [0.25, 0.3) is 0 Å². The van der Waals surface area contributed by atoms with Crippen LogP contribution in [0.2, 0.25) is 8.87 Å². The van der Waals surface area contributed by atoms with Crippen molar-refractivity contribution in [1.29, 1.82) is 0 Å². The predicted octanol–water partition coefficient (Wildman–Crippen LogP) is 4.11. The fraction of sp³-hybridized carbons (Fsp3) is 0.727. The van der Waals surface area contributed by atoms with Crippen LogP contribution in [0.3, 0.4) is 0 Å². The van der Waals surface area contributed by atoms with Crippen LogP contribution in [0.15, 0.2) is 13.2 Å². The minimum Gasteiger partial charge on any atom is -0.429 e. The standard InChI is InChI=1S/2C4H9.C3H2OS4.Sn/c2*1-3-4-2;4-3-7-1(5)2(6)8-3;/h2*1,3-4H2,2H3;5-6H;/q;;;+2/p-2. The van der Waals surface area contributed by atoms with E-state index in [4.69, 9.17) is 25.3 Å². The average molecular weight is 413 g/mol. The topological polar surface area (TPSA) is 17.1 Å². The van der Waals surface area contributed by atoms with Crippen molar-refractivity contribution < 1.29 is 0 Å². The minimum absolute atomic E-state index is 0.000000000000000222. The summed E-state index contributed by atoms with van der Waals surface area (Å²) in [4.78, 5) is 10.4. The van der Waals surface area contributed by atoms with Crippen LogP contribution in [-0.2, 0) is 25.3 Å². The van der Waals surface area contributed by atoms with Crippen molar-refractivity contribution in [3.63, 3.8) is 0 Å². The Kier molecular flexibility index (Phi) is 12.9. The minimum atomic E-state index is 0.000000000000000222. The van der Waals surface area contributed by atoms with E-state index in [9.17, 15) is 4.79 Å². The van der Waals surface area contributed by atoms with E-state index in [1.165, 1.54) is 25.7 Å². The molecule has 0 unspecified atom stereocenters. The summed E-state index contributed by atoms with van der Waals surface area (Å²) in [5, 5.41) is 0. The van der Waals surface area contributed by atoms with Crippen molar-refractivity contribution in [3.8, 4) is 0 Å². The van der Waals surface area contributed by atoms with Crippen molar-refractivity contribution in [2.45, 2.75) is 56.8 Å². The molecule has 0 bridgehead atoms. The van der Waals surface area contributed by atoms with E-state index in [2.05, 4.69) is 13.8 Å². The number of rotatable bonds is 6. The molecule has 0 N–H and O–H groups in total. The van der Waals surface area contributed by atoms with Crippen LogP contribution in [0.1, 0.15) is 39.5 Å². The van der Waals surface area contributed by atoms with E-state index in [-0.39, 0.29) is 25.2 Å². The van der Waals surface area contributed by atoms with E-state index in [0.717, 1.165) is 22.7 Å². The van der Waals surface area contributed by atoms with Gasteiger partial charge in [0, 0.05) is 0 Å². The van der Waals surface area contributed by atoms with Gasteiger partial charge < -0.3 is 52.7 Å². The fourth-order valence-corrected chi connectivity index (χ4v) is 7.55. The molecular weight excluding hydrogens is 395 g/mol. The molecule has 6 heteroatoms. The molecule has 17 heavy (non-hydrogen) atoms. The van der Waals surface area contributed by atoms with Gasteiger partial charge in [-0.2, -0.15) is 0 Å². The summed E-state index contributed by atoms with van der Waals surface area (Å²) < 4.78 is 4.35. The van der Waals surface area contributed by atoms with E-state index >= 15 is 0 Å². The largest absolute Gasteiger partial charge is 0.429 e. The maximum atomic E-state index is 10.4.